The molecule has 5 heteroatoms. The van der Waals surface area contributed by atoms with Gasteiger partial charge in [-0.05, 0) is 24.6 Å². The molecule has 0 amide bonds. The number of aromatic amines is 1. The molecule has 1 aliphatic rings. The van der Waals surface area contributed by atoms with Gasteiger partial charge >= 0.3 is 0 Å². The minimum atomic E-state index is -0.419. The topological polar surface area (TPSA) is 79.9 Å². The molecule has 3 rings (SSSR count). The van der Waals surface area contributed by atoms with Crippen LogP contribution in [0.4, 0.5) is 0 Å². The Kier molecular flexibility index (Phi) is 2.04. The second-order valence-electron chi connectivity index (χ2n) is 4.18. The average molecular weight is 240 g/mol. The van der Waals surface area contributed by atoms with Gasteiger partial charge in [-0.3, -0.25) is 19.4 Å². The Morgan fingerprint density at radius 3 is 2.61 bits per heavy atom. The highest BCUT2D eigenvalue weighted by Gasteiger charge is 2.31. The van der Waals surface area contributed by atoms with E-state index < -0.39 is 11.3 Å². The van der Waals surface area contributed by atoms with Crippen LogP contribution in [-0.2, 0) is 0 Å². The lowest BCUT2D eigenvalue weighted by atomic mass is 9.90. The van der Waals surface area contributed by atoms with Crippen LogP contribution in [0.15, 0.2) is 29.2 Å². The number of carbonyl (C=O) groups excluding carboxylic acids is 2. The zero-order chi connectivity index (χ0) is 12.9. The van der Waals surface area contributed by atoms with Crippen LogP contribution in [0, 0.1) is 6.92 Å². The Balaban J connectivity index is 2.35. The summed E-state index contributed by atoms with van der Waals surface area (Å²) in [5, 5.41) is 0. The maximum Gasteiger partial charge on any atom is 0.248 e. The Morgan fingerprint density at radius 1 is 1.06 bits per heavy atom. The molecule has 0 aromatic carbocycles. The summed E-state index contributed by atoms with van der Waals surface area (Å²) < 4.78 is 0. The number of pyridine rings is 2. The molecule has 0 saturated carbocycles. The summed E-state index contributed by atoms with van der Waals surface area (Å²) in [6.45, 7) is 1.80. The standard InChI is InChI=1S/C13H8N2O3/c1-6-4-8-10(14-5-6)13(18)11-7(12(8)17)2-3-9(16)15-11/h2-5H,1H3,(H,15,16). The molecule has 1 N–H and O–H groups in total. The number of H-pyrrole nitrogens is 1. The van der Waals surface area contributed by atoms with Crippen molar-refractivity contribution in [1.82, 2.24) is 9.97 Å². The molecule has 88 valence electrons. The van der Waals surface area contributed by atoms with E-state index in [1.807, 2.05) is 0 Å². The minimum Gasteiger partial charge on any atom is -0.318 e. The van der Waals surface area contributed by atoms with Crippen molar-refractivity contribution in [2.75, 3.05) is 0 Å². The average Bonchev–Trinajstić information content (AvgIpc) is 2.36. The van der Waals surface area contributed by atoms with Gasteiger partial charge in [0.25, 0.3) is 0 Å². The third-order valence-corrected chi connectivity index (χ3v) is 2.87. The maximum absolute atomic E-state index is 12.2. The molecule has 2 heterocycles. The van der Waals surface area contributed by atoms with Gasteiger partial charge in [-0.1, -0.05) is 0 Å². The minimum absolute atomic E-state index is 0.0244. The van der Waals surface area contributed by atoms with Gasteiger partial charge in [-0.25, -0.2) is 0 Å². The molecule has 2 aromatic heterocycles. The van der Waals surface area contributed by atoms with Crippen LogP contribution in [0.5, 0.6) is 0 Å². The zero-order valence-corrected chi connectivity index (χ0v) is 9.48. The largest absolute Gasteiger partial charge is 0.318 e. The van der Waals surface area contributed by atoms with Gasteiger partial charge in [0.1, 0.15) is 11.4 Å². The number of hydrogen-bond acceptors (Lipinski definition) is 4. The summed E-state index contributed by atoms with van der Waals surface area (Å²) in [5.74, 6) is -0.704. The lowest BCUT2D eigenvalue weighted by Gasteiger charge is -2.15. The van der Waals surface area contributed by atoms with Gasteiger partial charge in [0.05, 0.1) is 11.1 Å². The van der Waals surface area contributed by atoms with Crippen molar-refractivity contribution in [2.45, 2.75) is 6.92 Å². The fourth-order valence-corrected chi connectivity index (χ4v) is 2.03. The first-order chi connectivity index (χ1) is 8.58. The molecular formula is C13H8N2O3. The summed E-state index contributed by atoms with van der Waals surface area (Å²) in [4.78, 5) is 41.9. The highest BCUT2D eigenvalue weighted by atomic mass is 16.1. The molecule has 0 fully saturated rings. The van der Waals surface area contributed by atoms with Gasteiger partial charge in [0.15, 0.2) is 5.78 Å². The van der Waals surface area contributed by atoms with E-state index in [1.54, 1.807) is 13.0 Å². The van der Waals surface area contributed by atoms with E-state index in [2.05, 4.69) is 9.97 Å². The lowest BCUT2D eigenvalue weighted by molar-refractivity contribution is 0.0971. The predicted octanol–water partition coefficient (Wildman–Crippen LogP) is 0.854. The van der Waals surface area contributed by atoms with E-state index in [4.69, 9.17) is 0 Å². The van der Waals surface area contributed by atoms with Crippen LogP contribution in [0.25, 0.3) is 0 Å². The van der Waals surface area contributed by atoms with Crippen LogP contribution in [0.1, 0.15) is 37.7 Å². The van der Waals surface area contributed by atoms with E-state index in [0.717, 1.165) is 5.56 Å². The van der Waals surface area contributed by atoms with Crippen LogP contribution in [0.2, 0.25) is 0 Å². The first-order valence-electron chi connectivity index (χ1n) is 5.37. The Labute approximate surface area is 102 Å². The molecule has 0 saturated heterocycles. The van der Waals surface area contributed by atoms with E-state index in [0.29, 0.717) is 5.56 Å². The van der Waals surface area contributed by atoms with Gasteiger partial charge in [-0.2, -0.15) is 0 Å². The number of nitrogens with zero attached hydrogens (tertiary/aromatic N) is 1. The molecule has 1 aliphatic carbocycles. The number of rotatable bonds is 0. The third kappa shape index (κ3) is 1.34. The summed E-state index contributed by atoms with van der Waals surface area (Å²) in [6, 6.07) is 4.24. The fourth-order valence-electron chi connectivity index (χ4n) is 2.03. The summed E-state index contributed by atoms with van der Waals surface area (Å²) >= 11 is 0. The predicted molar refractivity (Wildman–Crippen MR) is 62.9 cm³/mol. The van der Waals surface area contributed by atoms with Crippen LogP contribution >= 0.6 is 0 Å². The van der Waals surface area contributed by atoms with Crippen LogP contribution < -0.4 is 5.56 Å². The van der Waals surface area contributed by atoms with Crippen molar-refractivity contribution in [1.29, 1.82) is 0 Å². The number of carbonyl (C=O) groups is 2. The quantitative estimate of drug-likeness (QED) is 0.631. The molecule has 0 unspecified atom stereocenters. The summed E-state index contributed by atoms with van der Waals surface area (Å²) in [7, 11) is 0. The molecule has 5 nitrogen and oxygen atoms in total. The zero-order valence-electron chi connectivity index (χ0n) is 9.48. The maximum atomic E-state index is 12.2. The smallest absolute Gasteiger partial charge is 0.248 e. The number of aryl methyl sites for hydroxylation is 1. The number of nitrogens with one attached hydrogen (secondary N) is 1. The summed E-state index contributed by atoms with van der Waals surface area (Å²) in [5.41, 5.74) is 1.03. The first-order valence-corrected chi connectivity index (χ1v) is 5.37. The highest BCUT2D eigenvalue weighted by Crippen LogP contribution is 2.24. The molecule has 0 spiro atoms. The summed E-state index contributed by atoms with van der Waals surface area (Å²) in [6.07, 6.45) is 1.52. The van der Waals surface area contributed by atoms with Crippen molar-refractivity contribution in [3.63, 3.8) is 0 Å². The molecule has 0 radical (unpaired) electrons. The highest BCUT2D eigenvalue weighted by molar-refractivity contribution is 6.26. The molecule has 0 atom stereocenters. The second-order valence-corrected chi connectivity index (χ2v) is 4.18. The molecule has 0 aliphatic heterocycles. The number of hydrogen-bond donors (Lipinski definition) is 1. The van der Waals surface area contributed by atoms with Crippen molar-refractivity contribution < 1.29 is 9.59 Å². The first kappa shape index (κ1) is 10.6. The Bertz CT molecular complexity index is 759. The van der Waals surface area contributed by atoms with Gasteiger partial charge < -0.3 is 4.98 Å². The lowest BCUT2D eigenvalue weighted by Crippen LogP contribution is -2.26. The van der Waals surface area contributed by atoms with E-state index in [-0.39, 0.29) is 22.7 Å². The van der Waals surface area contributed by atoms with Gasteiger partial charge in [-0.15, -0.1) is 0 Å². The Morgan fingerprint density at radius 2 is 1.83 bits per heavy atom. The van der Waals surface area contributed by atoms with Crippen LogP contribution in [0.3, 0.4) is 0 Å². The van der Waals surface area contributed by atoms with Crippen molar-refractivity contribution in [2.24, 2.45) is 0 Å². The fraction of sp³-hybridized carbons (Fsp3) is 0.0769. The van der Waals surface area contributed by atoms with Crippen molar-refractivity contribution in [3.8, 4) is 0 Å². The number of fused-ring (bicyclic) bond motifs is 2. The molecule has 18 heavy (non-hydrogen) atoms. The van der Waals surface area contributed by atoms with Crippen molar-refractivity contribution >= 4 is 11.6 Å². The van der Waals surface area contributed by atoms with Gasteiger partial charge in [0.2, 0.25) is 11.3 Å². The monoisotopic (exact) mass is 240 g/mol. The number of aromatic nitrogens is 2. The molecule has 0 bridgehead atoms. The number of ketones is 2. The normalized spacial score (nSPS) is 13.2. The van der Waals surface area contributed by atoms with Crippen LogP contribution in [-0.4, -0.2) is 21.5 Å². The van der Waals surface area contributed by atoms with Gasteiger partial charge in [0, 0.05) is 12.3 Å². The Hall–Kier alpha value is -2.56. The molecular weight excluding hydrogens is 232 g/mol. The second kappa shape index (κ2) is 3.46. The SMILES string of the molecule is Cc1cnc2c(c1)C(=O)c1ccc(=O)[nH]c1C2=O. The van der Waals surface area contributed by atoms with Crippen molar-refractivity contribution in [3.05, 3.63) is 62.8 Å². The van der Waals surface area contributed by atoms with E-state index >= 15 is 0 Å². The third-order valence-electron chi connectivity index (χ3n) is 2.87. The molecule has 2 aromatic rings. The van der Waals surface area contributed by atoms with E-state index in [9.17, 15) is 14.4 Å². The van der Waals surface area contributed by atoms with E-state index in [1.165, 1.54) is 18.3 Å².